The molecule has 0 bridgehead atoms. The Morgan fingerprint density at radius 2 is 2.14 bits per heavy atom. The first kappa shape index (κ1) is 14.2. The number of rotatable bonds is 3. The van der Waals surface area contributed by atoms with Crippen LogP contribution in [-0.2, 0) is 6.54 Å². The molecule has 4 heteroatoms. The molecular formula is C17H27N3S. The van der Waals surface area contributed by atoms with E-state index in [0.29, 0.717) is 11.1 Å². The SMILES string of the molecule is CC1(C2CC2)CN(Cc2cncs2)C2(CCCCC2)CN1. The van der Waals surface area contributed by atoms with Crippen molar-refractivity contribution in [3.8, 4) is 0 Å². The lowest BCUT2D eigenvalue weighted by atomic mass is 9.75. The molecule has 1 unspecified atom stereocenters. The first-order valence-corrected chi connectivity index (χ1v) is 9.46. The maximum atomic E-state index is 4.28. The summed E-state index contributed by atoms with van der Waals surface area (Å²) in [5.74, 6) is 0.905. The number of nitrogens with one attached hydrogen (secondary N) is 1. The maximum Gasteiger partial charge on any atom is 0.0794 e. The number of hydrogen-bond donors (Lipinski definition) is 1. The summed E-state index contributed by atoms with van der Waals surface area (Å²) in [7, 11) is 0. The highest BCUT2D eigenvalue weighted by atomic mass is 32.1. The van der Waals surface area contributed by atoms with Crippen LogP contribution in [0, 0.1) is 5.92 Å². The molecule has 1 aromatic rings. The summed E-state index contributed by atoms with van der Waals surface area (Å²) in [4.78, 5) is 8.54. The predicted octanol–water partition coefficient (Wildman–Crippen LogP) is 3.42. The average molecular weight is 305 g/mol. The zero-order valence-electron chi connectivity index (χ0n) is 13.1. The molecule has 2 aliphatic carbocycles. The Labute approximate surface area is 132 Å². The van der Waals surface area contributed by atoms with Gasteiger partial charge in [0.2, 0.25) is 0 Å². The van der Waals surface area contributed by atoms with Gasteiger partial charge in [-0.05, 0) is 38.5 Å². The maximum absolute atomic E-state index is 4.28. The summed E-state index contributed by atoms with van der Waals surface area (Å²) in [6, 6.07) is 0. The minimum absolute atomic E-state index is 0.341. The fraction of sp³-hybridized carbons (Fsp3) is 0.824. The van der Waals surface area contributed by atoms with Crippen LogP contribution in [0.4, 0.5) is 0 Å². The largest absolute Gasteiger partial charge is 0.308 e. The van der Waals surface area contributed by atoms with Crippen molar-refractivity contribution in [2.24, 2.45) is 5.92 Å². The quantitative estimate of drug-likeness (QED) is 0.927. The van der Waals surface area contributed by atoms with Gasteiger partial charge >= 0.3 is 0 Å². The van der Waals surface area contributed by atoms with Gasteiger partial charge in [-0.25, -0.2) is 0 Å². The Kier molecular flexibility index (Phi) is 3.59. The number of hydrogen-bond acceptors (Lipinski definition) is 4. The summed E-state index contributed by atoms with van der Waals surface area (Å²) < 4.78 is 0. The molecule has 116 valence electrons. The van der Waals surface area contributed by atoms with Crippen molar-refractivity contribution in [3.05, 3.63) is 16.6 Å². The van der Waals surface area contributed by atoms with Gasteiger partial charge in [0.05, 0.1) is 5.51 Å². The lowest BCUT2D eigenvalue weighted by Gasteiger charge is -2.55. The van der Waals surface area contributed by atoms with E-state index in [1.54, 1.807) is 0 Å². The van der Waals surface area contributed by atoms with Crippen LogP contribution in [0.3, 0.4) is 0 Å². The Morgan fingerprint density at radius 1 is 1.33 bits per heavy atom. The monoisotopic (exact) mass is 305 g/mol. The molecule has 2 saturated carbocycles. The van der Waals surface area contributed by atoms with Gasteiger partial charge in [0, 0.05) is 41.8 Å². The second kappa shape index (κ2) is 5.32. The molecule has 1 aromatic heterocycles. The first-order chi connectivity index (χ1) is 10.2. The Balaban J connectivity index is 1.57. The van der Waals surface area contributed by atoms with E-state index >= 15 is 0 Å². The minimum Gasteiger partial charge on any atom is -0.308 e. The van der Waals surface area contributed by atoms with Crippen molar-refractivity contribution in [1.82, 2.24) is 15.2 Å². The normalized spacial score (nSPS) is 33.4. The number of thiazole rings is 1. The highest BCUT2D eigenvalue weighted by molar-refractivity contribution is 7.09. The third kappa shape index (κ3) is 2.66. The molecule has 1 spiro atoms. The van der Waals surface area contributed by atoms with E-state index < -0.39 is 0 Å². The van der Waals surface area contributed by atoms with Crippen molar-refractivity contribution in [2.75, 3.05) is 13.1 Å². The molecular weight excluding hydrogens is 278 g/mol. The third-order valence-electron chi connectivity index (χ3n) is 6.10. The second-order valence-corrected chi connectivity index (χ2v) is 8.63. The van der Waals surface area contributed by atoms with Gasteiger partial charge in [-0.2, -0.15) is 0 Å². The molecule has 0 aromatic carbocycles. The van der Waals surface area contributed by atoms with Crippen LogP contribution in [0.1, 0.15) is 56.7 Å². The highest BCUT2D eigenvalue weighted by Crippen LogP contribution is 2.45. The molecule has 0 amide bonds. The molecule has 1 N–H and O–H groups in total. The van der Waals surface area contributed by atoms with Gasteiger partial charge in [0.25, 0.3) is 0 Å². The lowest BCUT2D eigenvalue weighted by molar-refractivity contribution is -0.0259. The van der Waals surface area contributed by atoms with E-state index in [9.17, 15) is 0 Å². The van der Waals surface area contributed by atoms with E-state index in [1.807, 2.05) is 16.8 Å². The molecule has 3 aliphatic rings. The van der Waals surface area contributed by atoms with E-state index in [1.165, 1.54) is 62.9 Å². The van der Waals surface area contributed by atoms with Crippen LogP contribution in [0.2, 0.25) is 0 Å². The standard InChI is InChI=1S/C17H27N3S/c1-16(14-5-6-14)12-20(10-15-9-18-13-21-15)17(11-19-16)7-3-2-4-8-17/h9,13-14,19H,2-8,10-12H2,1H3. The highest BCUT2D eigenvalue weighted by Gasteiger charge is 2.51. The van der Waals surface area contributed by atoms with Gasteiger partial charge in [-0.15, -0.1) is 11.3 Å². The second-order valence-electron chi connectivity index (χ2n) is 7.65. The average Bonchev–Trinajstić information content (AvgIpc) is 3.25. The van der Waals surface area contributed by atoms with Gasteiger partial charge in [0.1, 0.15) is 0 Å². The summed E-state index contributed by atoms with van der Waals surface area (Å²) in [5.41, 5.74) is 2.73. The molecule has 1 atom stereocenters. The van der Waals surface area contributed by atoms with Crippen molar-refractivity contribution < 1.29 is 0 Å². The van der Waals surface area contributed by atoms with Crippen LogP contribution in [-0.4, -0.2) is 34.1 Å². The summed E-state index contributed by atoms with van der Waals surface area (Å²) in [6.07, 6.45) is 11.9. The van der Waals surface area contributed by atoms with Crippen molar-refractivity contribution in [3.63, 3.8) is 0 Å². The first-order valence-electron chi connectivity index (χ1n) is 8.58. The predicted molar refractivity (Wildman–Crippen MR) is 87.5 cm³/mol. The minimum atomic E-state index is 0.341. The molecule has 3 fully saturated rings. The van der Waals surface area contributed by atoms with Crippen LogP contribution in [0.25, 0.3) is 0 Å². The number of nitrogens with zero attached hydrogens (tertiary/aromatic N) is 2. The van der Waals surface area contributed by atoms with E-state index in [0.717, 1.165) is 12.5 Å². The smallest absolute Gasteiger partial charge is 0.0794 e. The van der Waals surface area contributed by atoms with Crippen LogP contribution in [0.15, 0.2) is 11.7 Å². The van der Waals surface area contributed by atoms with E-state index in [4.69, 9.17) is 0 Å². The van der Waals surface area contributed by atoms with Crippen molar-refractivity contribution >= 4 is 11.3 Å². The van der Waals surface area contributed by atoms with Gasteiger partial charge < -0.3 is 5.32 Å². The number of aromatic nitrogens is 1. The number of piperazine rings is 1. The molecule has 3 nitrogen and oxygen atoms in total. The van der Waals surface area contributed by atoms with Crippen molar-refractivity contribution in [1.29, 1.82) is 0 Å². The van der Waals surface area contributed by atoms with Gasteiger partial charge in [-0.1, -0.05) is 19.3 Å². The molecule has 2 heterocycles. The summed E-state index contributed by atoms with van der Waals surface area (Å²) >= 11 is 1.81. The zero-order valence-corrected chi connectivity index (χ0v) is 13.9. The van der Waals surface area contributed by atoms with Crippen LogP contribution in [0.5, 0.6) is 0 Å². The summed E-state index contributed by atoms with van der Waals surface area (Å²) in [5, 5.41) is 3.97. The molecule has 4 rings (SSSR count). The Morgan fingerprint density at radius 3 is 2.81 bits per heavy atom. The summed E-state index contributed by atoms with van der Waals surface area (Å²) in [6.45, 7) is 5.98. The van der Waals surface area contributed by atoms with E-state index in [-0.39, 0.29) is 0 Å². The molecule has 1 aliphatic heterocycles. The van der Waals surface area contributed by atoms with Crippen molar-refractivity contribution in [2.45, 2.75) is 69.5 Å². The Bertz CT molecular complexity index is 476. The Hall–Kier alpha value is -0.450. The fourth-order valence-electron chi connectivity index (χ4n) is 4.53. The van der Waals surface area contributed by atoms with Crippen LogP contribution >= 0.6 is 11.3 Å². The van der Waals surface area contributed by atoms with Gasteiger partial charge in [-0.3, -0.25) is 9.88 Å². The molecule has 1 saturated heterocycles. The topological polar surface area (TPSA) is 28.2 Å². The molecule has 0 radical (unpaired) electrons. The lowest BCUT2D eigenvalue weighted by Crippen LogP contribution is -2.69. The van der Waals surface area contributed by atoms with E-state index in [2.05, 4.69) is 28.3 Å². The van der Waals surface area contributed by atoms with Gasteiger partial charge in [0.15, 0.2) is 0 Å². The third-order valence-corrected chi connectivity index (χ3v) is 6.87. The fourth-order valence-corrected chi connectivity index (χ4v) is 5.14. The van der Waals surface area contributed by atoms with Crippen LogP contribution < -0.4 is 5.32 Å². The molecule has 21 heavy (non-hydrogen) atoms. The zero-order chi connectivity index (χ0) is 14.3.